The van der Waals surface area contributed by atoms with Crippen LogP contribution in [0.15, 0.2) is 39.4 Å². The van der Waals surface area contributed by atoms with Crippen LogP contribution in [-0.2, 0) is 21.4 Å². The minimum atomic E-state index is -3.73. The van der Waals surface area contributed by atoms with Crippen molar-refractivity contribution < 1.29 is 18.0 Å². The average molecular weight is 398 g/mol. The standard InChI is InChI=1S/C15H15N3O4S3/c1-8-14(19)18-11-6-9(2-4-12(11)23-8)15(20)17-7-10-3-5-13(24-10)25(16,21)22/h2-6,8H,7H2,1H3,(H,17,20)(H,18,19)(H2,16,21,22)/t8-/m1/s1. The van der Waals surface area contributed by atoms with Crippen LogP contribution in [0.5, 0.6) is 0 Å². The van der Waals surface area contributed by atoms with Crippen molar-refractivity contribution in [3.8, 4) is 0 Å². The van der Waals surface area contributed by atoms with Crippen molar-refractivity contribution in [1.82, 2.24) is 5.32 Å². The average Bonchev–Trinajstić information content (AvgIpc) is 3.02. The highest BCUT2D eigenvalue weighted by Crippen LogP contribution is 2.35. The van der Waals surface area contributed by atoms with Crippen molar-refractivity contribution in [3.63, 3.8) is 0 Å². The van der Waals surface area contributed by atoms with Gasteiger partial charge in [0, 0.05) is 15.3 Å². The first-order chi connectivity index (χ1) is 11.7. The van der Waals surface area contributed by atoms with Crippen LogP contribution in [-0.4, -0.2) is 25.5 Å². The Morgan fingerprint density at radius 2 is 2.08 bits per heavy atom. The summed E-state index contributed by atoms with van der Waals surface area (Å²) >= 11 is 2.46. The molecule has 2 amide bonds. The molecule has 4 N–H and O–H groups in total. The number of carbonyl (C=O) groups excluding carboxylic acids is 2. The van der Waals surface area contributed by atoms with Gasteiger partial charge in [-0.3, -0.25) is 9.59 Å². The molecule has 25 heavy (non-hydrogen) atoms. The number of sulfonamides is 1. The monoisotopic (exact) mass is 397 g/mol. The number of carbonyl (C=O) groups is 2. The number of nitrogens with two attached hydrogens (primary N) is 1. The zero-order valence-electron chi connectivity index (χ0n) is 13.1. The minimum Gasteiger partial charge on any atom is -0.347 e. The van der Waals surface area contributed by atoms with Crippen LogP contribution in [0.4, 0.5) is 5.69 Å². The quantitative estimate of drug-likeness (QED) is 0.726. The summed E-state index contributed by atoms with van der Waals surface area (Å²) in [4.78, 5) is 25.6. The number of hydrogen-bond acceptors (Lipinski definition) is 6. The highest BCUT2D eigenvalue weighted by atomic mass is 32.2. The third-order valence-corrected chi connectivity index (χ3v) is 7.21. The van der Waals surface area contributed by atoms with Gasteiger partial charge in [0.2, 0.25) is 15.9 Å². The first-order valence-electron chi connectivity index (χ1n) is 7.25. The fraction of sp³-hybridized carbons (Fsp3) is 0.200. The summed E-state index contributed by atoms with van der Waals surface area (Å²) in [6, 6.07) is 8.14. The Morgan fingerprint density at radius 1 is 1.32 bits per heavy atom. The Hall–Kier alpha value is -1.88. The Bertz CT molecular complexity index is 953. The lowest BCUT2D eigenvalue weighted by atomic mass is 10.1. The van der Waals surface area contributed by atoms with E-state index in [1.54, 1.807) is 24.3 Å². The maximum atomic E-state index is 12.3. The van der Waals surface area contributed by atoms with E-state index < -0.39 is 10.0 Å². The van der Waals surface area contributed by atoms with Crippen molar-refractivity contribution in [2.45, 2.75) is 27.8 Å². The molecule has 2 aromatic rings. The maximum Gasteiger partial charge on any atom is 0.251 e. The van der Waals surface area contributed by atoms with E-state index in [0.717, 1.165) is 16.2 Å². The lowest BCUT2D eigenvalue weighted by Gasteiger charge is -2.21. The smallest absolute Gasteiger partial charge is 0.251 e. The predicted octanol–water partition coefficient (Wildman–Crippen LogP) is 1.76. The van der Waals surface area contributed by atoms with E-state index in [9.17, 15) is 18.0 Å². The van der Waals surface area contributed by atoms with Crippen LogP contribution in [0.25, 0.3) is 0 Å². The SMILES string of the molecule is C[C@H]1Sc2ccc(C(=O)NCc3ccc(S(N)(=O)=O)s3)cc2NC1=O. The van der Waals surface area contributed by atoms with E-state index in [0.29, 0.717) is 16.1 Å². The largest absolute Gasteiger partial charge is 0.347 e. The lowest BCUT2D eigenvalue weighted by Crippen LogP contribution is -2.27. The van der Waals surface area contributed by atoms with E-state index in [2.05, 4.69) is 10.6 Å². The van der Waals surface area contributed by atoms with Gasteiger partial charge < -0.3 is 10.6 Å². The summed E-state index contributed by atoms with van der Waals surface area (Å²) in [5.41, 5.74) is 1.03. The molecule has 0 bridgehead atoms. The molecule has 1 aromatic heterocycles. The van der Waals surface area contributed by atoms with Gasteiger partial charge in [-0.15, -0.1) is 23.1 Å². The number of thioether (sulfide) groups is 1. The summed E-state index contributed by atoms with van der Waals surface area (Å²) in [5, 5.41) is 10.4. The molecule has 1 aliphatic rings. The molecule has 3 rings (SSSR count). The van der Waals surface area contributed by atoms with Crippen molar-refractivity contribution in [1.29, 1.82) is 0 Å². The zero-order valence-corrected chi connectivity index (χ0v) is 15.6. The summed E-state index contributed by atoms with van der Waals surface area (Å²) in [6.45, 7) is 2.01. The van der Waals surface area contributed by atoms with Crippen LogP contribution in [0.3, 0.4) is 0 Å². The van der Waals surface area contributed by atoms with Crippen LogP contribution in [0.1, 0.15) is 22.2 Å². The molecule has 1 atom stereocenters. The molecule has 0 unspecified atom stereocenters. The molecule has 0 fully saturated rings. The van der Waals surface area contributed by atoms with Gasteiger partial charge in [0.05, 0.1) is 17.5 Å². The van der Waals surface area contributed by atoms with Crippen molar-refractivity contribution in [2.24, 2.45) is 5.14 Å². The van der Waals surface area contributed by atoms with Crippen molar-refractivity contribution >= 4 is 50.6 Å². The molecule has 1 aliphatic heterocycles. The molecule has 1 aromatic carbocycles. The van der Waals surface area contributed by atoms with Gasteiger partial charge in [-0.1, -0.05) is 0 Å². The normalized spacial score (nSPS) is 16.9. The van der Waals surface area contributed by atoms with Crippen LogP contribution < -0.4 is 15.8 Å². The summed E-state index contributed by atoms with van der Waals surface area (Å²) in [7, 11) is -3.73. The van der Waals surface area contributed by atoms with Gasteiger partial charge in [-0.05, 0) is 37.3 Å². The Labute approximate surface area is 153 Å². The molecular formula is C15H15N3O4S3. The Balaban J connectivity index is 1.69. The number of anilines is 1. The third-order valence-electron chi connectivity index (χ3n) is 3.51. The summed E-state index contributed by atoms with van der Waals surface area (Å²) in [5.74, 6) is -0.407. The summed E-state index contributed by atoms with van der Waals surface area (Å²) < 4.78 is 22.6. The molecule has 0 saturated heterocycles. The highest BCUT2D eigenvalue weighted by molar-refractivity contribution is 8.01. The molecular weight excluding hydrogens is 382 g/mol. The molecule has 2 heterocycles. The van der Waals surface area contributed by atoms with Gasteiger partial charge >= 0.3 is 0 Å². The topological polar surface area (TPSA) is 118 Å². The van der Waals surface area contributed by atoms with Gasteiger partial charge in [-0.2, -0.15) is 0 Å². The van der Waals surface area contributed by atoms with Gasteiger partial charge in [-0.25, -0.2) is 13.6 Å². The van der Waals surface area contributed by atoms with Crippen LogP contribution >= 0.6 is 23.1 Å². The molecule has 7 nitrogen and oxygen atoms in total. The van der Waals surface area contributed by atoms with Crippen molar-refractivity contribution in [2.75, 3.05) is 5.32 Å². The fourth-order valence-corrected chi connectivity index (χ4v) is 4.87. The van der Waals surface area contributed by atoms with E-state index >= 15 is 0 Å². The second-order valence-electron chi connectivity index (χ2n) is 5.41. The number of primary sulfonamides is 1. The number of hydrogen-bond donors (Lipinski definition) is 3. The number of nitrogens with one attached hydrogen (secondary N) is 2. The molecule has 0 radical (unpaired) electrons. The lowest BCUT2D eigenvalue weighted by molar-refractivity contribution is -0.115. The van der Waals surface area contributed by atoms with Crippen LogP contribution in [0, 0.1) is 0 Å². The van der Waals surface area contributed by atoms with Gasteiger partial charge in [0.15, 0.2) is 0 Å². The van der Waals surface area contributed by atoms with E-state index in [1.165, 1.54) is 17.8 Å². The number of amides is 2. The Morgan fingerprint density at radius 3 is 2.76 bits per heavy atom. The molecule has 0 saturated carbocycles. The molecule has 0 aliphatic carbocycles. The Kier molecular flexibility index (Phi) is 4.87. The molecule has 10 heteroatoms. The minimum absolute atomic E-state index is 0.0550. The van der Waals surface area contributed by atoms with Gasteiger partial charge in [0.25, 0.3) is 5.91 Å². The first-order valence-corrected chi connectivity index (χ1v) is 10.5. The second kappa shape index (κ2) is 6.79. The first kappa shape index (κ1) is 17.9. The van der Waals surface area contributed by atoms with E-state index in [1.807, 2.05) is 6.92 Å². The number of fused-ring (bicyclic) bond motifs is 1. The number of benzene rings is 1. The van der Waals surface area contributed by atoms with E-state index in [4.69, 9.17) is 5.14 Å². The third kappa shape index (κ3) is 4.03. The number of rotatable bonds is 4. The van der Waals surface area contributed by atoms with E-state index in [-0.39, 0.29) is 27.8 Å². The maximum absolute atomic E-state index is 12.3. The highest BCUT2D eigenvalue weighted by Gasteiger charge is 2.23. The summed E-state index contributed by atoms with van der Waals surface area (Å²) in [6.07, 6.45) is 0. The fourth-order valence-electron chi connectivity index (χ4n) is 2.23. The number of thiophene rings is 1. The predicted molar refractivity (Wildman–Crippen MR) is 97.3 cm³/mol. The second-order valence-corrected chi connectivity index (χ2v) is 9.75. The van der Waals surface area contributed by atoms with Crippen LogP contribution in [0.2, 0.25) is 0 Å². The van der Waals surface area contributed by atoms with Gasteiger partial charge in [0.1, 0.15) is 4.21 Å². The molecule has 0 spiro atoms. The molecule has 132 valence electrons. The zero-order chi connectivity index (χ0) is 18.2. The van der Waals surface area contributed by atoms with Crippen molar-refractivity contribution in [3.05, 3.63) is 40.8 Å².